The Bertz CT molecular complexity index is 709. The first-order chi connectivity index (χ1) is 13.9. The molecule has 1 aromatic rings. The quantitative estimate of drug-likeness (QED) is 0.413. The third-order valence-electron chi connectivity index (χ3n) is 7.05. The van der Waals surface area contributed by atoms with Crippen molar-refractivity contribution in [1.82, 2.24) is 0 Å². The number of aromatic hydroxyl groups is 1. The number of phenols is 1. The molecule has 0 amide bonds. The first-order valence-corrected chi connectivity index (χ1v) is 11.5. The highest BCUT2D eigenvalue weighted by molar-refractivity contribution is 5.70. The van der Waals surface area contributed by atoms with Crippen LogP contribution < -0.4 is 4.74 Å². The van der Waals surface area contributed by atoms with Gasteiger partial charge in [-0.1, -0.05) is 52.9 Å². The number of carbonyl (C=O) groups is 1. The molecule has 0 aromatic heterocycles. The van der Waals surface area contributed by atoms with Crippen LogP contribution >= 0.6 is 0 Å². The van der Waals surface area contributed by atoms with Gasteiger partial charge in [0.25, 0.3) is 0 Å². The maximum absolute atomic E-state index is 12.0. The molecule has 29 heavy (non-hydrogen) atoms. The number of methoxy groups -OCH3 is 1. The minimum absolute atomic E-state index is 0.000317. The third kappa shape index (κ3) is 4.90. The predicted molar refractivity (Wildman–Crippen MR) is 116 cm³/mol. The van der Waals surface area contributed by atoms with Crippen LogP contribution in [0.3, 0.4) is 0 Å². The molecular weight excluding hydrogens is 364 g/mol. The summed E-state index contributed by atoms with van der Waals surface area (Å²) in [5.41, 5.74) is 2.06. The van der Waals surface area contributed by atoms with Crippen LogP contribution in [0.1, 0.15) is 102 Å². The van der Waals surface area contributed by atoms with Crippen LogP contribution in [0.15, 0.2) is 12.1 Å². The van der Waals surface area contributed by atoms with Crippen LogP contribution in [-0.2, 0) is 14.9 Å². The lowest BCUT2D eigenvalue weighted by Crippen LogP contribution is -2.25. The van der Waals surface area contributed by atoms with E-state index in [1.54, 1.807) is 0 Å². The summed E-state index contributed by atoms with van der Waals surface area (Å²) in [5, 5.41) is 11.0. The molecule has 1 aliphatic heterocycles. The lowest BCUT2D eigenvalue weighted by Gasteiger charge is -2.27. The fourth-order valence-electron chi connectivity index (χ4n) is 5.23. The van der Waals surface area contributed by atoms with E-state index in [0.29, 0.717) is 12.2 Å². The van der Waals surface area contributed by atoms with E-state index in [1.165, 1.54) is 32.8 Å². The summed E-state index contributed by atoms with van der Waals surface area (Å²) in [5.74, 6) is 1.23. The number of hydrogen-bond donors (Lipinski definition) is 1. The van der Waals surface area contributed by atoms with Crippen molar-refractivity contribution in [3.8, 4) is 11.5 Å². The van der Waals surface area contributed by atoms with E-state index in [0.717, 1.165) is 49.0 Å². The molecule has 1 saturated carbocycles. The molecule has 0 spiro atoms. The zero-order chi connectivity index (χ0) is 21.0. The Morgan fingerprint density at radius 3 is 2.69 bits per heavy atom. The summed E-state index contributed by atoms with van der Waals surface area (Å²) in [6, 6.07) is 4.10. The van der Waals surface area contributed by atoms with Crippen LogP contribution in [0, 0.1) is 5.92 Å². The molecule has 4 nitrogen and oxygen atoms in total. The Morgan fingerprint density at radius 2 is 1.97 bits per heavy atom. The number of carbonyl (C=O) groups excluding carboxylic acids is 1. The Kier molecular flexibility index (Phi) is 7.13. The Morgan fingerprint density at radius 1 is 1.21 bits per heavy atom. The highest BCUT2D eigenvalue weighted by atomic mass is 16.5. The van der Waals surface area contributed by atoms with E-state index in [1.807, 2.05) is 6.07 Å². The van der Waals surface area contributed by atoms with E-state index < -0.39 is 0 Å². The second-order valence-electron chi connectivity index (χ2n) is 9.61. The molecule has 1 aromatic carbocycles. The zero-order valence-corrected chi connectivity index (χ0v) is 18.6. The van der Waals surface area contributed by atoms with Crippen molar-refractivity contribution in [1.29, 1.82) is 0 Å². The van der Waals surface area contributed by atoms with E-state index >= 15 is 0 Å². The number of rotatable bonds is 8. The number of fused-ring (bicyclic) bond motifs is 3. The van der Waals surface area contributed by atoms with E-state index in [4.69, 9.17) is 9.47 Å². The smallest absolute Gasteiger partial charge is 0.305 e. The summed E-state index contributed by atoms with van der Waals surface area (Å²) in [4.78, 5) is 12.0. The largest absolute Gasteiger partial charge is 0.508 e. The van der Waals surface area contributed by atoms with Gasteiger partial charge in [0.1, 0.15) is 17.6 Å². The van der Waals surface area contributed by atoms with E-state index in [9.17, 15) is 9.90 Å². The van der Waals surface area contributed by atoms with Gasteiger partial charge in [0.05, 0.1) is 7.11 Å². The van der Waals surface area contributed by atoms with Gasteiger partial charge in [0.15, 0.2) is 0 Å². The van der Waals surface area contributed by atoms with Crippen molar-refractivity contribution in [3.05, 3.63) is 23.3 Å². The Labute approximate surface area is 176 Å². The van der Waals surface area contributed by atoms with Crippen molar-refractivity contribution in [2.45, 2.75) is 102 Å². The number of unbranched alkanes of at least 4 members (excludes halogenated alkanes) is 3. The predicted octanol–water partition coefficient (Wildman–Crippen LogP) is 6.24. The second-order valence-corrected chi connectivity index (χ2v) is 9.61. The van der Waals surface area contributed by atoms with Crippen LogP contribution in [0.25, 0.3) is 0 Å². The number of phenolic OH excluding ortho intramolecular Hbond substituents is 1. The summed E-state index contributed by atoms with van der Waals surface area (Å²) < 4.78 is 11.3. The lowest BCUT2D eigenvalue weighted by molar-refractivity contribution is -0.142. The third-order valence-corrected chi connectivity index (χ3v) is 7.05. The molecular formula is C25H38O4. The minimum Gasteiger partial charge on any atom is -0.508 e. The molecule has 3 unspecified atom stereocenters. The van der Waals surface area contributed by atoms with Gasteiger partial charge in [-0.25, -0.2) is 0 Å². The Balaban J connectivity index is 1.86. The molecule has 0 radical (unpaired) electrons. The number of hydrogen-bond acceptors (Lipinski definition) is 4. The average molecular weight is 403 g/mol. The van der Waals surface area contributed by atoms with Crippen LogP contribution in [0.2, 0.25) is 0 Å². The van der Waals surface area contributed by atoms with Gasteiger partial charge < -0.3 is 14.6 Å². The monoisotopic (exact) mass is 402 g/mol. The van der Waals surface area contributed by atoms with Crippen molar-refractivity contribution < 1.29 is 19.4 Å². The molecule has 0 saturated heterocycles. The molecule has 1 fully saturated rings. The highest BCUT2D eigenvalue weighted by Crippen LogP contribution is 2.53. The molecule has 1 N–H and O–H groups in total. The molecule has 162 valence electrons. The van der Waals surface area contributed by atoms with Gasteiger partial charge in [-0.15, -0.1) is 0 Å². The Hall–Kier alpha value is -1.71. The standard InChI is InChI=1S/C25H38O4/c1-5-6-7-10-13-25(2,3)18-15-19(26)24-21(16-18)29-20-12-9-8-11-17(23(20)24)14-22(27)28-4/h15-17,20,23,26H,5-14H2,1-4H3. The topological polar surface area (TPSA) is 55.8 Å². The van der Waals surface area contributed by atoms with Gasteiger partial charge in [0.2, 0.25) is 0 Å². The molecule has 0 bridgehead atoms. The maximum atomic E-state index is 12.0. The first kappa shape index (κ1) is 22.0. The maximum Gasteiger partial charge on any atom is 0.305 e. The molecule has 2 aliphatic rings. The van der Waals surface area contributed by atoms with Gasteiger partial charge in [-0.2, -0.15) is 0 Å². The average Bonchev–Trinajstić information content (AvgIpc) is 2.96. The minimum atomic E-state index is -0.173. The van der Waals surface area contributed by atoms with Crippen molar-refractivity contribution in [2.24, 2.45) is 5.92 Å². The van der Waals surface area contributed by atoms with Crippen molar-refractivity contribution >= 4 is 5.97 Å². The molecule has 4 heteroatoms. The van der Waals surface area contributed by atoms with Gasteiger partial charge >= 0.3 is 5.97 Å². The molecule has 1 heterocycles. The molecule has 3 atom stereocenters. The lowest BCUT2D eigenvalue weighted by atomic mass is 9.76. The summed E-state index contributed by atoms with van der Waals surface area (Å²) in [7, 11) is 1.45. The van der Waals surface area contributed by atoms with Gasteiger partial charge in [-0.05, 0) is 54.7 Å². The number of ether oxygens (including phenoxy) is 2. The number of benzene rings is 1. The summed E-state index contributed by atoms with van der Waals surface area (Å²) >= 11 is 0. The molecule has 1 aliphatic carbocycles. The number of esters is 1. The van der Waals surface area contributed by atoms with Gasteiger partial charge in [0, 0.05) is 17.9 Å². The SMILES string of the molecule is CCCCCCC(C)(C)c1cc(O)c2c(c1)OC1CCCCC(CC(=O)OC)C21. The fourth-order valence-corrected chi connectivity index (χ4v) is 5.23. The molecule has 3 rings (SSSR count). The fraction of sp³-hybridized carbons (Fsp3) is 0.720. The van der Waals surface area contributed by atoms with E-state index in [2.05, 4.69) is 26.8 Å². The van der Waals surface area contributed by atoms with Gasteiger partial charge in [-0.3, -0.25) is 4.79 Å². The summed E-state index contributed by atoms with van der Waals surface area (Å²) in [6.45, 7) is 6.75. The van der Waals surface area contributed by atoms with Crippen LogP contribution in [0.4, 0.5) is 0 Å². The first-order valence-electron chi connectivity index (χ1n) is 11.5. The van der Waals surface area contributed by atoms with E-state index in [-0.39, 0.29) is 29.3 Å². The van der Waals surface area contributed by atoms with Crippen LogP contribution in [-0.4, -0.2) is 24.3 Å². The normalized spacial score (nSPS) is 23.7. The zero-order valence-electron chi connectivity index (χ0n) is 18.6. The highest BCUT2D eigenvalue weighted by Gasteiger charge is 2.44. The second kappa shape index (κ2) is 9.40. The van der Waals surface area contributed by atoms with Crippen molar-refractivity contribution in [3.63, 3.8) is 0 Å². The van der Waals surface area contributed by atoms with Crippen molar-refractivity contribution in [2.75, 3.05) is 7.11 Å². The summed E-state index contributed by atoms with van der Waals surface area (Å²) in [6.07, 6.45) is 10.7. The van der Waals surface area contributed by atoms with Crippen LogP contribution in [0.5, 0.6) is 11.5 Å².